The Bertz CT molecular complexity index is 1020. The summed E-state index contributed by atoms with van der Waals surface area (Å²) in [5.41, 5.74) is 1.20. The third-order valence-electron chi connectivity index (χ3n) is 5.12. The number of nitrogens with zero attached hydrogens (tertiary/aromatic N) is 3. The molecular weight excluding hydrogens is 430 g/mol. The van der Waals surface area contributed by atoms with Crippen LogP contribution >= 0.6 is 11.6 Å². The number of carbonyl (C=O) groups is 1. The quantitative estimate of drug-likeness (QED) is 0.688. The van der Waals surface area contributed by atoms with E-state index >= 15 is 0 Å². The minimum Gasteiger partial charge on any atom is -0.481 e. The van der Waals surface area contributed by atoms with Crippen LogP contribution in [0.15, 0.2) is 27.6 Å². The monoisotopic (exact) mass is 455 g/mol. The Morgan fingerprint density at radius 2 is 1.93 bits per heavy atom. The topological polar surface area (TPSA) is 93.0 Å². The molecule has 0 N–H and O–H groups in total. The van der Waals surface area contributed by atoms with Crippen LogP contribution in [-0.4, -0.2) is 61.0 Å². The maximum atomic E-state index is 13.0. The molecule has 1 aromatic heterocycles. The van der Waals surface area contributed by atoms with Gasteiger partial charge in [-0.05, 0) is 57.9 Å². The summed E-state index contributed by atoms with van der Waals surface area (Å²) in [6.07, 6.45) is -0.169. The van der Waals surface area contributed by atoms with Crippen LogP contribution in [0.2, 0.25) is 5.02 Å². The fourth-order valence-corrected chi connectivity index (χ4v) is 5.41. The van der Waals surface area contributed by atoms with Crippen molar-refractivity contribution in [3.05, 3.63) is 40.2 Å². The van der Waals surface area contributed by atoms with Gasteiger partial charge in [-0.25, -0.2) is 8.42 Å². The largest absolute Gasteiger partial charge is 0.481 e. The van der Waals surface area contributed by atoms with Gasteiger partial charge in [0.15, 0.2) is 11.9 Å². The fourth-order valence-electron chi connectivity index (χ4n) is 3.53. The number of ether oxygens (including phenoxy) is 1. The minimum atomic E-state index is -3.73. The second-order valence-corrected chi connectivity index (χ2v) is 9.69. The Morgan fingerprint density at radius 1 is 1.20 bits per heavy atom. The van der Waals surface area contributed by atoms with Crippen LogP contribution in [0, 0.1) is 20.8 Å². The first-order valence-electron chi connectivity index (χ1n) is 9.76. The molecule has 2 aromatic rings. The zero-order valence-corrected chi connectivity index (χ0v) is 19.1. The van der Waals surface area contributed by atoms with E-state index in [4.69, 9.17) is 20.9 Å². The summed E-state index contributed by atoms with van der Waals surface area (Å²) >= 11 is 6.03. The van der Waals surface area contributed by atoms with E-state index in [0.29, 0.717) is 36.0 Å². The first kappa shape index (κ1) is 22.6. The van der Waals surface area contributed by atoms with Crippen molar-refractivity contribution < 1.29 is 22.5 Å². The highest BCUT2D eigenvalue weighted by Gasteiger charge is 2.33. The van der Waals surface area contributed by atoms with Gasteiger partial charge in [-0.15, -0.1) is 0 Å². The molecule has 0 spiro atoms. The maximum absolute atomic E-state index is 13.0. The highest BCUT2D eigenvalue weighted by molar-refractivity contribution is 7.89. The third kappa shape index (κ3) is 4.63. The van der Waals surface area contributed by atoms with Crippen molar-refractivity contribution in [1.82, 2.24) is 14.4 Å². The molecule has 0 radical (unpaired) electrons. The van der Waals surface area contributed by atoms with Crippen molar-refractivity contribution in [1.29, 1.82) is 0 Å². The molecule has 10 heteroatoms. The van der Waals surface area contributed by atoms with E-state index in [2.05, 4.69) is 5.16 Å². The molecule has 1 atom stereocenters. The minimum absolute atomic E-state index is 0.108. The van der Waals surface area contributed by atoms with E-state index in [-0.39, 0.29) is 29.7 Å². The fraction of sp³-hybridized carbons (Fsp3) is 0.500. The van der Waals surface area contributed by atoms with Gasteiger partial charge in [0.25, 0.3) is 5.91 Å². The number of carbonyl (C=O) groups excluding carboxylic acids is 1. The van der Waals surface area contributed by atoms with Crippen molar-refractivity contribution >= 4 is 27.5 Å². The van der Waals surface area contributed by atoms with Crippen LogP contribution in [-0.2, 0) is 14.8 Å². The predicted octanol–water partition coefficient (Wildman–Crippen LogP) is 2.94. The molecule has 1 fully saturated rings. The summed E-state index contributed by atoms with van der Waals surface area (Å²) in [5.74, 6) is 0.652. The van der Waals surface area contributed by atoms with Crippen LogP contribution in [0.3, 0.4) is 0 Å². The Kier molecular flexibility index (Phi) is 6.74. The molecule has 3 rings (SSSR count). The van der Waals surface area contributed by atoms with E-state index < -0.39 is 16.1 Å². The van der Waals surface area contributed by atoms with E-state index in [1.807, 2.05) is 6.92 Å². The van der Waals surface area contributed by atoms with Gasteiger partial charge in [-0.2, -0.15) is 4.31 Å². The lowest BCUT2D eigenvalue weighted by molar-refractivity contribution is -0.137. The molecule has 1 saturated heterocycles. The molecular formula is C20H26ClN3O5S. The Labute approximate surface area is 181 Å². The first-order valence-corrected chi connectivity index (χ1v) is 11.6. The van der Waals surface area contributed by atoms with Crippen LogP contribution in [0.1, 0.15) is 30.4 Å². The number of halogens is 1. The standard InChI is InChI=1S/C20H26ClN3O5S/c1-13-12-17(6-7-18(13)21)28-16(4)20(25)23-8-5-9-24(11-10-23)30(26,27)19-14(2)22-29-15(19)3/h6-7,12,16H,5,8-11H2,1-4H3. The number of amides is 1. The van der Waals surface area contributed by atoms with Gasteiger partial charge in [0.2, 0.25) is 10.0 Å². The van der Waals surface area contributed by atoms with Crippen LogP contribution in [0.5, 0.6) is 5.75 Å². The average Bonchev–Trinajstić information content (AvgIpc) is 2.89. The van der Waals surface area contributed by atoms with Crippen molar-refractivity contribution in [2.45, 2.75) is 45.1 Å². The van der Waals surface area contributed by atoms with Crippen LogP contribution in [0.4, 0.5) is 0 Å². The summed E-state index contributed by atoms with van der Waals surface area (Å²) in [4.78, 5) is 14.6. The van der Waals surface area contributed by atoms with Crippen molar-refractivity contribution in [2.75, 3.05) is 26.2 Å². The van der Waals surface area contributed by atoms with Crippen molar-refractivity contribution in [2.24, 2.45) is 0 Å². The number of benzene rings is 1. The Balaban J connectivity index is 1.67. The normalized spacial score (nSPS) is 16.9. The van der Waals surface area contributed by atoms with Gasteiger partial charge in [0, 0.05) is 31.2 Å². The molecule has 0 bridgehead atoms. The van der Waals surface area contributed by atoms with Gasteiger partial charge in [0.1, 0.15) is 16.3 Å². The van der Waals surface area contributed by atoms with Gasteiger partial charge in [-0.1, -0.05) is 16.8 Å². The molecule has 0 aliphatic carbocycles. The van der Waals surface area contributed by atoms with E-state index in [1.165, 1.54) is 4.31 Å². The summed E-state index contributed by atoms with van der Waals surface area (Å²) in [6.45, 7) is 8.01. The number of hydrogen-bond acceptors (Lipinski definition) is 6. The number of rotatable bonds is 5. The molecule has 30 heavy (non-hydrogen) atoms. The average molecular weight is 456 g/mol. The van der Waals surface area contributed by atoms with E-state index in [1.54, 1.807) is 43.9 Å². The predicted molar refractivity (Wildman–Crippen MR) is 112 cm³/mol. The molecule has 1 aliphatic heterocycles. The smallest absolute Gasteiger partial charge is 0.263 e. The lowest BCUT2D eigenvalue weighted by atomic mass is 10.2. The van der Waals surface area contributed by atoms with E-state index in [9.17, 15) is 13.2 Å². The van der Waals surface area contributed by atoms with Gasteiger partial charge >= 0.3 is 0 Å². The van der Waals surface area contributed by atoms with Gasteiger partial charge in [-0.3, -0.25) is 4.79 Å². The molecule has 2 heterocycles. The number of aromatic nitrogens is 1. The Morgan fingerprint density at radius 3 is 2.57 bits per heavy atom. The molecule has 164 valence electrons. The number of hydrogen-bond donors (Lipinski definition) is 0. The summed E-state index contributed by atoms with van der Waals surface area (Å²) in [6, 6.07) is 5.23. The van der Waals surface area contributed by atoms with Gasteiger partial charge in [0.05, 0.1) is 0 Å². The highest BCUT2D eigenvalue weighted by Crippen LogP contribution is 2.25. The number of aryl methyl sites for hydroxylation is 3. The zero-order chi connectivity index (χ0) is 22.1. The number of sulfonamides is 1. The summed E-state index contributed by atoms with van der Waals surface area (Å²) in [5, 5.41) is 4.38. The van der Waals surface area contributed by atoms with Gasteiger partial charge < -0.3 is 14.2 Å². The summed E-state index contributed by atoms with van der Waals surface area (Å²) < 4.78 is 38.3. The second kappa shape index (κ2) is 8.95. The Hall–Kier alpha value is -2.10. The molecule has 8 nitrogen and oxygen atoms in total. The molecule has 1 aromatic carbocycles. The van der Waals surface area contributed by atoms with Crippen LogP contribution < -0.4 is 4.74 Å². The second-order valence-electron chi connectivity index (χ2n) is 7.41. The maximum Gasteiger partial charge on any atom is 0.263 e. The zero-order valence-electron chi connectivity index (χ0n) is 17.5. The third-order valence-corrected chi connectivity index (χ3v) is 7.69. The van der Waals surface area contributed by atoms with Crippen molar-refractivity contribution in [3.8, 4) is 5.75 Å². The summed E-state index contributed by atoms with van der Waals surface area (Å²) in [7, 11) is -3.73. The van der Waals surface area contributed by atoms with Crippen LogP contribution in [0.25, 0.3) is 0 Å². The molecule has 0 saturated carbocycles. The highest BCUT2D eigenvalue weighted by atomic mass is 35.5. The lowest BCUT2D eigenvalue weighted by Gasteiger charge is -2.25. The molecule has 1 amide bonds. The molecule has 1 aliphatic rings. The van der Waals surface area contributed by atoms with E-state index in [0.717, 1.165) is 5.56 Å². The van der Waals surface area contributed by atoms with Crippen molar-refractivity contribution in [3.63, 3.8) is 0 Å². The molecule has 1 unspecified atom stereocenters. The first-order chi connectivity index (χ1) is 14.1. The SMILES string of the molecule is Cc1cc(OC(C)C(=O)N2CCCN(S(=O)(=O)c3c(C)noc3C)CC2)ccc1Cl. The lowest BCUT2D eigenvalue weighted by Crippen LogP contribution is -2.43.